The van der Waals surface area contributed by atoms with E-state index in [2.05, 4.69) is 13.2 Å². The summed E-state index contributed by atoms with van der Waals surface area (Å²) in [5, 5.41) is 9.60. The predicted octanol–water partition coefficient (Wildman–Crippen LogP) is 3.89. The summed E-state index contributed by atoms with van der Waals surface area (Å²) in [6, 6.07) is 18.6. The van der Waals surface area contributed by atoms with Crippen LogP contribution in [-0.2, 0) is 20.9 Å². The molecule has 0 aromatic heterocycles. The van der Waals surface area contributed by atoms with Crippen molar-refractivity contribution in [2.24, 2.45) is 11.8 Å². The highest BCUT2D eigenvalue weighted by molar-refractivity contribution is 8.02. The van der Waals surface area contributed by atoms with E-state index in [1.807, 2.05) is 60.7 Å². The molecule has 2 bridgehead atoms. The van der Waals surface area contributed by atoms with Crippen molar-refractivity contribution in [3.63, 3.8) is 0 Å². The van der Waals surface area contributed by atoms with E-state index in [4.69, 9.17) is 0 Å². The van der Waals surface area contributed by atoms with Crippen molar-refractivity contribution in [1.29, 1.82) is 0 Å². The number of aliphatic hydroxyl groups is 1. The van der Waals surface area contributed by atoms with Gasteiger partial charge in [-0.3, -0.25) is 14.4 Å². The van der Waals surface area contributed by atoms with Crippen LogP contribution in [0.2, 0.25) is 0 Å². The molecule has 0 saturated carbocycles. The first-order valence-corrected chi connectivity index (χ1v) is 14.8. The summed E-state index contributed by atoms with van der Waals surface area (Å²) in [6.45, 7) is 9.03. The lowest BCUT2D eigenvalue weighted by Crippen LogP contribution is -2.55. The van der Waals surface area contributed by atoms with E-state index in [1.165, 1.54) is 0 Å². The van der Waals surface area contributed by atoms with Crippen LogP contribution in [0, 0.1) is 11.8 Å². The Hall–Kier alpha value is -3.36. The molecule has 7 nitrogen and oxygen atoms in total. The number of hydrogen-bond acceptors (Lipinski definition) is 5. The fraction of sp³-hybridized carbons (Fsp3) is 0.406. The van der Waals surface area contributed by atoms with Crippen LogP contribution in [0.1, 0.15) is 24.8 Å². The standard InChI is InChI=1S/C32H37N3O4S/c1-3-18-33(22-23-12-7-5-8-13-23)31(39)28-32-17-16-25(40-32)26(27(32)30(38)35(28)20-11-21-36)29(37)34(19-4-2)24-14-9-6-10-15-24/h3-10,12-15,25-28,36H,1-2,11,16-22H2/t25-,26+,27-,28?,32?/m0/s1. The molecule has 8 heteroatoms. The van der Waals surface area contributed by atoms with Crippen molar-refractivity contribution in [2.75, 3.05) is 31.1 Å². The Balaban J connectivity index is 1.51. The van der Waals surface area contributed by atoms with E-state index in [9.17, 15) is 19.5 Å². The Morgan fingerprint density at radius 1 is 1.02 bits per heavy atom. The van der Waals surface area contributed by atoms with Gasteiger partial charge >= 0.3 is 0 Å². The first-order chi connectivity index (χ1) is 19.5. The van der Waals surface area contributed by atoms with Crippen LogP contribution < -0.4 is 4.90 Å². The van der Waals surface area contributed by atoms with Gasteiger partial charge in [-0.25, -0.2) is 0 Å². The monoisotopic (exact) mass is 559 g/mol. The van der Waals surface area contributed by atoms with Crippen LogP contribution in [0.15, 0.2) is 86.0 Å². The minimum Gasteiger partial charge on any atom is -0.396 e. The molecule has 1 spiro atoms. The number of nitrogens with zero attached hydrogens (tertiary/aromatic N) is 3. The number of carbonyl (C=O) groups excluding carboxylic acids is 3. The second kappa shape index (κ2) is 12.0. The van der Waals surface area contributed by atoms with Gasteiger partial charge in [-0.2, -0.15) is 0 Å². The van der Waals surface area contributed by atoms with E-state index >= 15 is 0 Å². The number of amides is 3. The summed E-state index contributed by atoms with van der Waals surface area (Å²) in [6.07, 6.45) is 5.27. The number of thioether (sulfide) groups is 1. The Morgan fingerprint density at radius 2 is 1.70 bits per heavy atom. The molecule has 5 atom stereocenters. The van der Waals surface area contributed by atoms with Crippen LogP contribution in [0.25, 0.3) is 0 Å². The van der Waals surface area contributed by atoms with Crippen LogP contribution in [0.4, 0.5) is 5.69 Å². The van der Waals surface area contributed by atoms with E-state index in [0.717, 1.165) is 17.7 Å². The fourth-order valence-corrected chi connectivity index (χ4v) is 9.01. The summed E-state index contributed by atoms with van der Waals surface area (Å²) >= 11 is 1.66. The normalized spacial score (nSPS) is 26.4. The number of benzene rings is 2. The molecule has 2 aromatic rings. The zero-order chi connectivity index (χ0) is 28.3. The van der Waals surface area contributed by atoms with Crippen LogP contribution >= 0.6 is 11.8 Å². The quantitative estimate of drug-likeness (QED) is 0.399. The van der Waals surface area contributed by atoms with Crippen molar-refractivity contribution in [3.05, 3.63) is 91.5 Å². The van der Waals surface area contributed by atoms with Crippen molar-refractivity contribution < 1.29 is 19.5 Å². The minimum atomic E-state index is -0.697. The SMILES string of the molecule is C=CCN(Cc1ccccc1)C(=O)C1N(CCCO)C(=O)[C@@H]2[C@H](C(=O)N(CC=C)c3ccccc3)[C@@H]3CCC12S3. The van der Waals surface area contributed by atoms with Gasteiger partial charge in [0.1, 0.15) is 6.04 Å². The molecule has 2 unspecified atom stereocenters. The number of aliphatic hydroxyl groups excluding tert-OH is 1. The van der Waals surface area contributed by atoms with Gasteiger partial charge in [0.25, 0.3) is 0 Å². The molecule has 40 heavy (non-hydrogen) atoms. The third-order valence-electron chi connectivity index (χ3n) is 8.40. The minimum absolute atomic E-state index is 0.0326. The number of carbonyl (C=O) groups is 3. The number of para-hydroxylation sites is 1. The summed E-state index contributed by atoms with van der Waals surface area (Å²) in [4.78, 5) is 48.0. The Morgan fingerprint density at radius 3 is 2.35 bits per heavy atom. The lowest BCUT2D eigenvalue weighted by molar-refractivity contribution is -0.143. The van der Waals surface area contributed by atoms with Gasteiger partial charge in [0.05, 0.1) is 16.6 Å². The summed E-state index contributed by atoms with van der Waals surface area (Å²) in [5.74, 6) is -1.47. The van der Waals surface area contributed by atoms with E-state index in [-0.39, 0.29) is 36.1 Å². The maximum Gasteiger partial charge on any atom is 0.247 e. The molecular formula is C32H37N3O4S. The van der Waals surface area contributed by atoms with E-state index in [0.29, 0.717) is 32.5 Å². The molecule has 3 amide bonds. The number of rotatable bonds is 12. The average molecular weight is 560 g/mol. The zero-order valence-electron chi connectivity index (χ0n) is 22.7. The summed E-state index contributed by atoms with van der Waals surface area (Å²) in [5.41, 5.74) is 1.77. The molecule has 3 heterocycles. The van der Waals surface area contributed by atoms with Crippen molar-refractivity contribution in [3.8, 4) is 0 Å². The van der Waals surface area contributed by atoms with Gasteiger partial charge in [0.2, 0.25) is 17.7 Å². The molecular weight excluding hydrogens is 522 g/mol. The smallest absolute Gasteiger partial charge is 0.247 e. The van der Waals surface area contributed by atoms with Gasteiger partial charge in [-0.05, 0) is 37.0 Å². The maximum atomic E-state index is 14.4. The molecule has 0 radical (unpaired) electrons. The van der Waals surface area contributed by atoms with Gasteiger partial charge < -0.3 is 19.8 Å². The second-order valence-corrected chi connectivity index (χ2v) is 12.3. The summed E-state index contributed by atoms with van der Waals surface area (Å²) < 4.78 is -0.679. The Bertz CT molecular complexity index is 1260. The Labute approximate surface area is 240 Å². The number of fused-ring (bicyclic) bond motifs is 1. The topological polar surface area (TPSA) is 81.2 Å². The molecule has 0 aliphatic carbocycles. The van der Waals surface area contributed by atoms with Crippen LogP contribution in [-0.4, -0.2) is 74.9 Å². The van der Waals surface area contributed by atoms with E-state index in [1.54, 1.807) is 38.6 Å². The Kier molecular flexibility index (Phi) is 8.47. The maximum absolute atomic E-state index is 14.4. The highest BCUT2D eigenvalue weighted by Gasteiger charge is 2.74. The van der Waals surface area contributed by atoms with Crippen molar-refractivity contribution in [2.45, 2.75) is 41.8 Å². The second-order valence-electron chi connectivity index (χ2n) is 10.7. The van der Waals surface area contributed by atoms with Crippen LogP contribution in [0.3, 0.4) is 0 Å². The lowest BCUT2D eigenvalue weighted by Gasteiger charge is -2.37. The first kappa shape index (κ1) is 28.2. The highest BCUT2D eigenvalue weighted by atomic mass is 32.2. The molecule has 3 aliphatic heterocycles. The molecule has 210 valence electrons. The van der Waals surface area contributed by atoms with E-state index < -0.39 is 22.6 Å². The number of anilines is 1. The predicted molar refractivity (Wildman–Crippen MR) is 159 cm³/mol. The molecule has 3 saturated heterocycles. The van der Waals surface area contributed by atoms with Gasteiger partial charge in [0, 0.05) is 43.7 Å². The van der Waals surface area contributed by atoms with Crippen molar-refractivity contribution >= 4 is 35.2 Å². The highest BCUT2D eigenvalue weighted by Crippen LogP contribution is 2.66. The first-order valence-electron chi connectivity index (χ1n) is 14.0. The van der Waals surface area contributed by atoms with Gasteiger partial charge in [-0.15, -0.1) is 24.9 Å². The van der Waals surface area contributed by atoms with Gasteiger partial charge in [-0.1, -0.05) is 60.7 Å². The van der Waals surface area contributed by atoms with Crippen molar-refractivity contribution in [1.82, 2.24) is 9.80 Å². The van der Waals surface area contributed by atoms with Gasteiger partial charge in [0.15, 0.2) is 0 Å². The van der Waals surface area contributed by atoms with Crippen LogP contribution in [0.5, 0.6) is 0 Å². The largest absolute Gasteiger partial charge is 0.396 e. The summed E-state index contributed by atoms with van der Waals surface area (Å²) in [7, 11) is 0. The third-order valence-corrected chi connectivity index (χ3v) is 10.4. The molecule has 1 N–H and O–H groups in total. The third kappa shape index (κ3) is 4.88. The molecule has 3 aliphatic rings. The molecule has 2 aromatic carbocycles. The number of likely N-dealkylation sites (tertiary alicyclic amines) is 1. The number of hydrogen-bond donors (Lipinski definition) is 1. The fourth-order valence-electron chi connectivity index (χ4n) is 6.80. The lowest BCUT2D eigenvalue weighted by atomic mass is 9.70. The zero-order valence-corrected chi connectivity index (χ0v) is 23.5. The molecule has 3 fully saturated rings. The average Bonchev–Trinajstić information content (AvgIpc) is 3.62. The molecule has 5 rings (SSSR count).